The highest BCUT2D eigenvalue weighted by Gasteiger charge is 1.96. The highest BCUT2D eigenvalue weighted by atomic mass is 16.2. The number of hydrogen-bond donors (Lipinski definition) is 1. The Balaban J connectivity index is 2.12. The third-order valence-electron chi connectivity index (χ3n) is 2.03. The van der Waals surface area contributed by atoms with Crippen molar-refractivity contribution in [2.24, 2.45) is 0 Å². The zero-order valence-corrected chi connectivity index (χ0v) is 7.96. The average Bonchev–Trinajstić information content (AvgIpc) is 2.69. The predicted molar refractivity (Wildman–Crippen MR) is 53.5 cm³/mol. The van der Waals surface area contributed by atoms with Crippen LogP contribution in [0.1, 0.15) is 0 Å². The van der Waals surface area contributed by atoms with Crippen molar-refractivity contribution in [2.45, 2.75) is 13.1 Å². The number of nitrogens with one attached hydrogen (secondary N) is 1. The molecule has 0 aromatic carbocycles. The van der Waals surface area contributed by atoms with Gasteiger partial charge in [0.25, 0.3) is 5.56 Å². The van der Waals surface area contributed by atoms with Crippen LogP contribution in [-0.2, 0) is 13.1 Å². The van der Waals surface area contributed by atoms with Gasteiger partial charge in [-0.05, 0) is 6.07 Å². The molecule has 0 saturated heterocycles. The Bertz CT molecular complexity index is 538. The van der Waals surface area contributed by atoms with E-state index in [1.807, 2.05) is 12.3 Å². The molecule has 78 valence electrons. The molecule has 0 saturated carbocycles. The minimum atomic E-state index is -0.394. The van der Waals surface area contributed by atoms with E-state index in [0.29, 0.717) is 13.1 Å². The second kappa shape index (κ2) is 3.95. The maximum atomic E-state index is 11.3. The van der Waals surface area contributed by atoms with E-state index in [4.69, 9.17) is 0 Å². The first kappa shape index (κ1) is 9.45. The van der Waals surface area contributed by atoms with Gasteiger partial charge in [0, 0.05) is 31.2 Å². The molecule has 0 spiro atoms. The monoisotopic (exact) mass is 206 g/mol. The maximum Gasteiger partial charge on any atom is 0.328 e. The van der Waals surface area contributed by atoms with E-state index in [1.165, 1.54) is 16.8 Å². The molecule has 0 atom stereocenters. The molecule has 2 rings (SSSR count). The summed E-state index contributed by atoms with van der Waals surface area (Å²) in [4.78, 5) is 24.3. The molecule has 0 bridgehead atoms. The number of aryl methyl sites for hydroxylation is 2. The summed E-state index contributed by atoms with van der Waals surface area (Å²) in [6.07, 6.45) is 4.97. The van der Waals surface area contributed by atoms with Crippen molar-refractivity contribution in [3.8, 4) is 0 Å². The van der Waals surface area contributed by atoms with Crippen LogP contribution in [0.4, 0.5) is 0 Å². The summed E-state index contributed by atoms with van der Waals surface area (Å²) >= 11 is 0. The van der Waals surface area contributed by atoms with Crippen LogP contribution in [-0.4, -0.2) is 19.3 Å². The number of nitrogens with zero attached hydrogens (tertiary/aromatic N) is 3. The SMILES string of the molecule is O=c1ccn(CCn2cccn2)c(=O)[nH]1. The zero-order valence-electron chi connectivity index (χ0n) is 7.96. The lowest BCUT2D eigenvalue weighted by atomic mass is 10.5. The molecule has 0 aliphatic rings. The van der Waals surface area contributed by atoms with E-state index in [0.717, 1.165) is 0 Å². The summed E-state index contributed by atoms with van der Waals surface area (Å²) in [5, 5.41) is 4.01. The first-order valence-electron chi connectivity index (χ1n) is 4.53. The van der Waals surface area contributed by atoms with Crippen LogP contribution >= 0.6 is 0 Å². The van der Waals surface area contributed by atoms with Gasteiger partial charge in [0.05, 0.1) is 6.54 Å². The van der Waals surface area contributed by atoms with Crippen molar-refractivity contribution in [1.29, 1.82) is 0 Å². The Kier molecular flexibility index (Phi) is 2.49. The molecule has 15 heavy (non-hydrogen) atoms. The molecule has 0 amide bonds. The normalized spacial score (nSPS) is 10.4. The third kappa shape index (κ3) is 2.22. The van der Waals surface area contributed by atoms with Crippen LogP contribution < -0.4 is 11.2 Å². The van der Waals surface area contributed by atoms with Crippen LogP contribution in [0, 0.1) is 0 Å². The fourth-order valence-corrected chi connectivity index (χ4v) is 1.26. The van der Waals surface area contributed by atoms with E-state index in [2.05, 4.69) is 10.1 Å². The van der Waals surface area contributed by atoms with Gasteiger partial charge in [-0.3, -0.25) is 19.0 Å². The maximum absolute atomic E-state index is 11.3. The summed E-state index contributed by atoms with van der Waals surface area (Å²) in [6.45, 7) is 1.08. The topological polar surface area (TPSA) is 72.7 Å². The lowest BCUT2D eigenvalue weighted by Crippen LogP contribution is -2.29. The number of H-pyrrole nitrogens is 1. The predicted octanol–water partition coefficient (Wildman–Crippen LogP) is -0.567. The summed E-state index contributed by atoms with van der Waals surface area (Å²) in [5.74, 6) is 0. The fraction of sp³-hybridized carbons (Fsp3) is 0.222. The highest BCUT2D eigenvalue weighted by Crippen LogP contribution is 1.86. The Morgan fingerprint density at radius 2 is 2.13 bits per heavy atom. The molecular weight excluding hydrogens is 196 g/mol. The van der Waals surface area contributed by atoms with Gasteiger partial charge in [-0.2, -0.15) is 5.10 Å². The second-order valence-electron chi connectivity index (χ2n) is 3.07. The van der Waals surface area contributed by atoms with Gasteiger partial charge in [-0.15, -0.1) is 0 Å². The van der Waals surface area contributed by atoms with Crippen LogP contribution in [0.25, 0.3) is 0 Å². The third-order valence-corrected chi connectivity index (χ3v) is 2.03. The van der Waals surface area contributed by atoms with Crippen molar-refractivity contribution >= 4 is 0 Å². The van der Waals surface area contributed by atoms with Crippen LogP contribution in [0.5, 0.6) is 0 Å². The molecule has 2 heterocycles. The molecule has 2 aromatic rings. The van der Waals surface area contributed by atoms with E-state index in [9.17, 15) is 9.59 Å². The van der Waals surface area contributed by atoms with Gasteiger partial charge in [0.15, 0.2) is 0 Å². The summed E-state index contributed by atoms with van der Waals surface area (Å²) in [5.41, 5.74) is -0.773. The number of hydrogen-bond acceptors (Lipinski definition) is 3. The molecular formula is C9H10N4O2. The minimum Gasteiger partial charge on any atom is -0.299 e. The van der Waals surface area contributed by atoms with E-state index in [1.54, 1.807) is 10.9 Å². The second-order valence-corrected chi connectivity index (χ2v) is 3.07. The van der Waals surface area contributed by atoms with Crippen LogP contribution in [0.3, 0.4) is 0 Å². The minimum absolute atomic E-state index is 0.379. The zero-order chi connectivity index (χ0) is 10.7. The van der Waals surface area contributed by atoms with E-state index in [-0.39, 0.29) is 5.56 Å². The van der Waals surface area contributed by atoms with Crippen LogP contribution in [0.15, 0.2) is 40.3 Å². The largest absolute Gasteiger partial charge is 0.328 e. The summed E-state index contributed by atoms with van der Waals surface area (Å²) in [6, 6.07) is 3.14. The quantitative estimate of drug-likeness (QED) is 0.731. The summed E-state index contributed by atoms with van der Waals surface area (Å²) in [7, 11) is 0. The van der Waals surface area contributed by atoms with E-state index < -0.39 is 5.69 Å². The lowest BCUT2D eigenvalue weighted by Gasteiger charge is -2.03. The summed E-state index contributed by atoms with van der Waals surface area (Å²) < 4.78 is 3.15. The van der Waals surface area contributed by atoms with E-state index >= 15 is 0 Å². The molecule has 0 aliphatic carbocycles. The van der Waals surface area contributed by atoms with Crippen molar-refractivity contribution in [1.82, 2.24) is 19.3 Å². The Labute approximate surface area is 84.8 Å². The van der Waals surface area contributed by atoms with Gasteiger partial charge in [-0.1, -0.05) is 0 Å². The Morgan fingerprint density at radius 1 is 1.27 bits per heavy atom. The molecule has 0 aliphatic heterocycles. The van der Waals surface area contributed by atoms with Crippen molar-refractivity contribution in [3.05, 3.63) is 51.6 Å². The number of aromatic amines is 1. The Morgan fingerprint density at radius 3 is 2.80 bits per heavy atom. The number of aromatic nitrogens is 4. The van der Waals surface area contributed by atoms with Gasteiger partial charge < -0.3 is 0 Å². The molecule has 2 aromatic heterocycles. The lowest BCUT2D eigenvalue weighted by molar-refractivity contribution is 0.516. The highest BCUT2D eigenvalue weighted by molar-refractivity contribution is 4.83. The van der Waals surface area contributed by atoms with Crippen molar-refractivity contribution in [2.75, 3.05) is 0 Å². The molecule has 6 heteroatoms. The molecule has 6 nitrogen and oxygen atoms in total. The Hall–Kier alpha value is -2.11. The molecule has 0 unspecified atom stereocenters. The van der Waals surface area contributed by atoms with Crippen LogP contribution in [0.2, 0.25) is 0 Å². The smallest absolute Gasteiger partial charge is 0.299 e. The van der Waals surface area contributed by atoms with Gasteiger partial charge in [0.1, 0.15) is 0 Å². The van der Waals surface area contributed by atoms with Gasteiger partial charge >= 0.3 is 5.69 Å². The molecule has 0 radical (unpaired) electrons. The molecule has 1 N–H and O–H groups in total. The first-order chi connectivity index (χ1) is 7.25. The van der Waals surface area contributed by atoms with Gasteiger partial charge in [0.2, 0.25) is 0 Å². The average molecular weight is 206 g/mol. The van der Waals surface area contributed by atoms with Crippen molar-refractivity contribution < 1.29 is 0 Å². The number of rotatable bonds is 3. The van der Waals surface area contributed by atoms with Crippen molar-refractivity contribution in [3.63, 3.8) is 0 Å². The fourth-order valence-electron chi connectivity index (χ4n) is 1.26. The standard InChI is InChI=1S/C9H10N4O2/c14-8-2-5-12(9(15)11-8)6-7-13-4-1-3-10-13/h1-5H,6-7H2,(H,11,14,15). The van der Waals surface area contributed by atoms with Gasteiger partial charge in [-0.25, -0.2) is 4.79 Å². The first-order valence-corrected chi connectivity index (χ1v) is 4.53. The molecule has 0 fully saturated rings.